The van der Waals surface area contributed by atoms with Gasteiger partial charge < -0.3 is 20.1 Å². The molecular formula is C25H33ClN2O3. The maximum absolute atomic E-state index is 11.6. The fourth-order valence-corrected chi connectivity index (χ4v) is 4.86. The van der Waals surface area contributed by atoms with Crippen LogP contribution in [0.3, 0.4) is 0 Å². The fraction of sp³-hybridized carbons (Fsp3) is 0.480. The van der Waals surface area contributed by atoms with Crippen LogP contribution in [0.5, 0.6) is 5.75 Å². The Morgan fingerprint density at radius 3 is 2.61 bits per heavy atom. The number of benzene rings is 2. The maximum Gasteiger partial charge on any atom is 0.336 e. The van der Waals surface area contributed by atoms with Crippen molar-refractivity contribution >= 4 is 23.3 Å². The molecule has 5 nitrogen and oxygen atoms in total. The minimum absolute atomic E-state index is 0.286. The smallest absolute Gasteiger partial charge is 0.336 e. The van der Waals surface area contributed by atoms with Crippen LogP contribution in [0, 0.1) is 6.92 Å². The predicted octanol–water partition coefficient (Wildman–Crippen LogP) is 5.33. The van der Waals surface area contributed by atoms with Crippen molar-refractivity contribution in [1.82, 2.24) is 5.32 Å². The summed E-state index contributed by atoms with van der Waals surface area (Å²) >= 11 is 6.25. The van der Waals surface area contributed by atoms with E-state index in [-0.39, 0.29) is 5.56 Å². The number of hydrogen-bond acceptors (Lipinski definition) is 4. The van der Waals surface area contributed by atoms with Gasteiger partial charge in [0.1, 0.15) is 5.75 Å². The van der Waals surface area contributed by atoms with Gasteiger partial charge in [0.05, 0.1) is 12.7 Å². The minimum atomic E-state index is -0.929. The molecule has 2 N–H and O–H groups in total. The number of carbonyl (C=O) groups is 1. The predicted molar refractivity (Wildman–Crippen MR) is 127 cm³/mol. The third-order valence-corrected chi connectivity index (χ3v) is 6.56. The third-order valence-electron chi connectivity index (χ3n) is 6.34. The molecule has 0 radical (unpaired) electrons. The molecule has 0 bridgehead atoms. The van der Waals surface area contributed by atoms with E-state index >= 15 is 0 Å². The second-order valence-corrected chi connectivity index (χ2v) is 8.69. The van der Waals surface area contributed by atoms with Crippen molar-refractivity contribution in [3.8, 4) is 5.75 Å². The van der Waals surface area contributed by atoms with Gasteiger partial charge in [-0.1, -0.05) is 23.7 Å². The molecule has 1 saturated carbocycles. The number of methoxy groups -OCH3 is 1. The standard InChI is InChI=1S/C25H33ClN2O3/c1-4-28(24-16-19(26)15-23(17(24)2)25(29)30)21-10-8-20(9-11-21)27-13-12-18-6-5-7-22(14-18)31-3/h5-7,14-16,20-21,27H,4,8-13H2,1-3H3,(H,29,30). The molecule has 0 aliphatic heterocycles. The third kappa shape index (κ3) is 5.92. The van der Waals surface area contributed by atoms with Crippen LogP contribution in [0.1, 0.15) is 54.1 Å². The highest BCUT2D eigenvalue weighted by molar-refractivity contribution is 6.31. The Bertz CT molecular complexity index is 894. The number of aromatic carboxylic acids is 1. The Morgan fingerprint density at radius 1 is 1.23 bits per heavy atom. The first-order chi connectivity index (χ1) is 14.9. The topological polar surface area (TPSA) is 61.8 Å². The number of anilines is 1. The molecule has 2 aromatic carbocycles. The summed E-state index contributed by atoms with van der Waals surface area (Å²) in [5.74, 6) is -0.0266. The molecule has 0 atom stereocenters. The average molecular weight is 445 g/mol. The van der Waals surface area contributed by atoms with Crippen molar-refractivity contribution in [3.05, 3.63) is 58.1 Å². The van der Waals surface area contributed by atoms with E-state index in [0.29, 0.717) is 17.1 Å². The summed E-state index contributed by atoms with van der Waals surface area (Å²) in [6.07, 6.45) is 5.38. The number of ether oxygens (including phenoxy) is 1. The second-order valence-electron chi connectivity index (χ2n) is 8.25. The molecule has 0 spiro atoms. The van der Waals surface area contributed by atoms with E-state index in [1.165, 1.54) is 5.56 Å². The molecule has 2 aromatic rings. The largest absolute Gasteiger partial charge is 0.497 e. The van der Waals surface area contributed by atoms with E-state index in [4.69, 9.17) is 16.3 Å². The molecule has 0 unspecified atom stereocenters. The summed E-state index contributed by atoms with van der Waals surface area (Å²) in [6, 6.07) is 12.6. The van der Waals surface area contributed by atoms with Crippen molar-refractivity contribution in [2.45, 2.75) is 58.0 Å². The second kappa shape index (κ2) is 10.9. The van der Waals surface area contributed by atoms with Crippen LogP contribution in [-0.2, 0) is 6.42 Å². The quantitative estimate of drug-likeness (QED) is 0.547. The van der Waals surface area contributed by atoms with E-state index in [1.54, 1.807) is 13.2 Å². The van der Waals surface area contributed by atoms with Gasteiger partial charge in [0.25, 0.3) is 0 Å². The van der Waals surface area contributed by atoms with Crippen LogP contribution in [0.4, 0.5) is 5.69 Å². The molecule has 1 aliphatic rings. The number of halogens is 1. The van der Waals surface area contributed by atoms with Crippen LogP contribution >= 0.6 is 11.6 Å². The molecule has 6 heteroatoms. The summed E-state index contributed by atoms with van der Waals surface area (Å²) in [5, 5.41) is 13.7. The summed E-state index contributed by atoms with van der Waals surface area (Å²) in [4.78, 5) is 13.9. The number of hydrogen-bond donors (Lipinski definition) is 2. The molecule has 1 aliphatic carbocycles. The molecule has 0 aromatic heterocycles. The normalized spacial score (nSPS) is 18.6. The van der Waals surface area contributed by atoms with Gasteiger partial charge in [-0.2, -0.15) is 0 Å². The number of nitrogens with one attached hydrogen (secondary N) is 1. The lowest BCUT2D eigenvalue weighted by Gasteiger charge is -2.39. The van der Waals surface area contributed by atoms with E-state index in [0.717, 1.165) is 62.2 Å². The Kier molecular flexibility index (Phi) is 8.22. The van der Waals surface area contributed by atoms with E-state index in [1.807, 2.05) is 25.1 Å². The maximum atomic E-state index is 11.6. The average Bonchev–Trinajstić information content (AvgIpc) is 2.77. The van der Waals surface area contributed by atoms with Crippen molar-refractivity contribution in [2.75, 3.05) is 25.1 Å². The van der Waals surface area contributed by atoms with Crippen LogP contribution in [-0.4, -0.2) is 43.4 Å². The lowest BCUT2D eigenvalue weighted by molar-refractivity contribution is 0.0696. The van der Waals surface area contributed by atoms with E-state index < -0.39 is 5.97 Å². The summed E-state index contributed by atoms with van der Waals surface area (Å²) < 4.78 is 5.30. The fourth-order valence-electron chi connectivity index (χ4n) is 4.65. The van der Waals surface area contributed by atoms with Gasteiger partial charge >= 0.3 is 5.97 Å². The van der Waals surface area contributed by atoms with Crippen molar-refractivity contribution in [3.63, 3.8) is 0 Å². The van der Waals surface area contributed by atoms with Crippen LogP contribution in [0.15, 0.2) is 36.4 Å². The molecule has 0 amide bonds. The minimum Gasteiger partial charge on any atom is -0.497 e. The zero-order valence-corrected chi connectivity index (χ0v) is 19.4. The molecule has 168 valence electrons. The first-order valence-corrected chi connectivity index (χ1v) is 11.5. The number of carboxylic acid groups (broad SMARTS) is 1. The highest BCUT2D eigenvalue weighted by Gasteiger charge is 2.27. The number of nitrogens with zero attached hydrogens (tertiary/aromatic N) is 1. The molecule has 3 rings (SSSR count). The Labute approximate surface area is 190 Å². The van der Waals surface area contributed by atoms with Gasteiger partial charge in [0.15, 0.2) is 0 Å². The Morgan fingerprint density at radius 2 is 1.97 bits per heavy atom. The van der Waals surface area contributed by atoms with Crippen LogP contribution in [0.2, 0.25) is 5.02 Å². The monoisotopic (exact) mass is 444 g/mol. The van der Waals surface area contributed by atoms with Crippen molar-refractivity contribution in [2.24, 2.45) is 0 Å². The highest BCUT2D eigenvalue weighted by Crippen LogP contribution is 2.33. The van der Waals surface area contributed by atoms with Gasteiger partial charge in [-0.25, -0.2) is 4.79 Å². The zero-order valence-electron chi connectivity index (χ0n) is 18.7. The van der Waals surface area contributed by atoms with Crippen molar-refractivity contribution < 1.29 is 14.6 Å². The summed E-state index contributed by atoms with van der Waals surface area (Å²) in [5.41, 5.74) is 3.30. The SMILES string of the molecule is CCN(c1cc(Cl)cc(C(=O)O)c1C)C1CCC(NCCc2cccc(OC)c2)CC1. The number of carboxylic acids is 1. The first kappa shape index (κ1) is 23.4. The highest BCUT2D eigenvalue weighted by atomic mass is 35.5. The molecule has 0 saturated heterocycles. The van der Waals surface area contributed by atoms with Gasteiger partial charge in [-0.05, 0) is 87.9 Å². The number of rotatable bonds is 9. The van der Waals surface area contributed by atoms with Crippen molar-refractivity contribution in [1.29, 1.82) is 0 Å². The van der Waals surface area contributed by atoms with Crippen LogP contribution in [0.25, 0.3) is 0 Å². The lowest BCUT2D eigenvalue weighted by atomic mass is 9.89. The van der Waals surface area contributed by atoms with Gasteiger partial charge in [0, 0.05) is 29.3 Å². The van der Waals surface area contributed by atoms with Gasteiger partial charge in [-0.3, -0.25) is 0 Å². The molecule has 1 fully saturated rings. The summed E-state index contributed by atoms with van der Waals surface area (Å²) in [7, 11) is 1.70. The van der Waals surface area contributed by atoms with Gasteiger partial charge in [0.2, 0.25) is 0 Å². The Hall–Kier alpha value is -2.24. The summed E-state index contributed by atoms with van der Waals surface area (Å²) in [6.45, 7) is 5.79. The Balaban J connectivity index is 1.56. The van der Waals surface area contributed by atoms with E-state index in [2.05, 4.69) is 29.3 Å². The van der Waals surface area contributed by atoms with Crippen LogP contribution < -0.4 is 15.0 Å². The molecule has 0 heterocycles. The van der Waals surface area contributed by atoms with E-state index in [9.17, 15) is 9.90 Å². The first-order valence-electron chi connectivity index (χ1n) is 11.1. The lowest BCUT2D eigenvalue weighted by Crippen LogP contribution is -2.43. The molecular weight excluding hydrogens is 412 g/mol. The zero-order chi connectivity index (χ0) is 22.4. The van der Waals surface area contributed by atoms with Gasteiger partial charge in [-0.15, -0.1) is 0 Å². The molecule has 31 heavy (non-hydrogen) atoms.